The SMILES string of the molecule is Cc1cc(-c2nnc(-c3ccc(N4CCN(C(=N)N)CC4)cc3)o2)ccc1N1CCN(C(=N)N)CC1. The molecule has 1 aromatic heterocycles. The quantitative estimate of drug-likeness (QED) is 0.318. The molecule has 36 heavy (non-hydrogen) atoms. The minimum atomic E-state index is 0.134. The Morgan fingerprint density at radius 1 is 0.722 bits per heavy atom. The van der Waals surface area contributed by atoms with Crippen LogP contribution in [0.4, 0.5) is 11.4 Å². The number of hydrogen-bond acceptors (Lipinski definition) is 7. The monoisotopic (exact) mass is 488 g/mol. The summed E-state index contributed by atoms with van der Waals surface area (Å²) in [5, 5.41) is 23.8. The lowest BCUT2D eigenvalue weighted by molar-refractivity contribution is 0.380. The lowest BCUT2D eigenvalue weighted by Gasteiger charge is -2.37. The number of nitrogens with zero attached hydrogens (tertiary/aromatic N) is 6. The summed E-state index contributed by atoms with van der Waals surface area (Å²) in [5.41, 5.74) is 16.4. The van der Waals surface area contributed by atoms with E-state index in [1.165, 1.54) is 5.69 Å². The van der Waals surface area contributed by atoms with Gasteiger partial charge in [0.1, 0.15) is 0 Å². The van der Waals surface area contributed by atoms with Crippen molar-refractivity contribution < 1.29 is 4.42 Å². The minimum Gasteiger partial charge on any atom is -0.416 e. The third-order valence-corrected chi connectivity index (χ3v) is 6.93. The largest absolute Gasteiger partial charge is 0.416 e. The molecule has 2 aromatic carbocycles. The normalized spacial score (nSPS) is 16.4. The van der Waals surface area contributed by atoms with Gasteiger partial charge in [-0.3, -0.25) is 10.8 Å². The van der Waals surface area contributed by atoms with Gasteiger partial charge in [-0.2, -0.15) is 0 Å². The van der Waals surface area contributed by atoms with Crippen molar-refractivity contribution in [3.8, 4) is 22.9 Å². The summed E-state index contributed by atoms with van der Waals surface area (Å²) in [6.45, 7) is 8.38. The maximum absolute atomic E-state index is 7.61. The van der Waals surface area contributed by atoms with Crippen LogP contribution in [-0.4, -0.2) is 84.3 Å². The fourth-order valence-corrected chi connectivity index (χ4v) is 4.81. The molecule has 0 atom stereocenters. The van der Waals surface area contributed by atoms with Gasteiger partial charge in [-0.05, 0) is 55.0 Å². The van der Waals surface area contributed by atoms with Gasteiger partial charge in [0.15, 0.2) is 11.9 Å². The van der Waals surface area contributed by atoms with Gasteiger partial charge in [0, 0.05) is 74.9 Å². The van der Waals surface area contributed by atoms with Crippen LogP contribution in [0.1, 0.15) is 5.56 Å². The van der Waals surface area contributed by atoms with E-state index < -0.39 is 0 Å². The number of guanidine groups is 2. The first-order valence-corrected chi connectivity index (χ1v) is 12.1. The molecule has 3 heterocycles. The standard InChI is InChI=1S/C25H32N10O/c1-17-16-19(4-7-21(17)33-10-14-35(15-11-33)25(28)29)23-31-30-22(36-23)18-2-5-20(6-3-18)32-8-12-34(13-9-32)24(26)27/h2-7,16H,8-15H2,1H3,(H3,26,27)(H3,28,29). The Hall–Kier alpha value is -4.28. The van der Waals surface area contributed by atoms with Crippen molar-refractivity contribution in [1.29, 1.82) is 10.8 Å². The Morgan fingerprint density at radius 2 is 1.22 bits per heavy atom. The average Bonchev–Trinajstić information content (AvgIpc) is 3.39. The molecule has 3 aromatic rings. The van der Waals surface area contributed by atoms with E-state index in [4.69, 9.17) is 26.7 Å². The van der Waals surface area contributed by atoms with E-state index in [0.29, 0.717) is 11.8 Å². The number of benzene rings is 2. The summed E-state index contributed by atoms with van der Waals surface area (Å²) in [4.78, 5) is 8.38. The Bertz CT molecular complexity index is 1240. The summed E-state index contributed by atoms with van der Waals surface area (Å²) in [6, 6.07) is 14.3. The van der Waals surface area contributed by atoms with Crippen molar-refractivity contribution in [2.24, 2.45) is 11.5 Å². The molecular weight excluding hydrogens is 456 g/mol. The van der Waals surface area contributed by atoms with Crippen LogP contribution in [-0.2, 0) is 0 Å². The van der Waals surface area contributed by atoms with Crippen molar-refractivity contribution in [2.75, 3.05) is 62.2 Å². The minimum absolute atomic E-state index is 0.134. The van der Waals surface area contributed by atoms with Gasteiger partial charge in [-0.15, -0.1) is 10.2 Å². The van der Waals surface area contributed by atoms with E-state index in [-0.39, 0.29) is 11.9 Å². The molecule has 5 rings (SSSR count). The van der Waals surface area contributed by atoms with Crippen molar-refractivity contribution in [2.45, 2.75) is 6.92 Å². The zero-order valence-corrected chi connectivity index (χ0v) is 20.4. The number of nitrogens with two attached hydrogens (primary N) is 2. The van der Waals surface area contributed by atoms with E-state index in [9.17, 15) is 0 Å². The third-order valence-electron chi connectivity index (χ3n) is 6.93. The summed E-state index contributed by atoms with van der Waals surface area (Å²) in [6.07, 6.45) is 0. The molecule has 0 amide bonds. The molecule has 2 saturated heterocycles. The second kappa shape index (κ2) is 9.76. The summed E-state index contributed by atoms with van der Waals surface area (Å²) in [5.74, 6) is 1.25. The van der Waals surface area contributed by atoms with E-state index in [2.05, 4.69) is 51.2 Å². The highest BCUT2D eigenvalue weighted by atomic mass is 16.4. The topological polar surface area (TPSA) is 152 Å². The molecular formula is C25H32N10O. The van der Waals surface area contributed by atoms with Crippen molar-refractivity contribution in [1.82, 2.24) is 20.0 Å². The van der Waals surface area contributed by atoms with Gasteiger partial charge in [0.2, 0.25) is 11.8 Å². The van der Waals surface area contributed by atoms with Gasteiger partial charge in [-0.25, -0.2) is 0 Å². The van der Waals surface area contributed by atoms with Crippen molar-refractivity contribution in [3.63, 3.8) is 0 Å². The summed E-state index contributed by atoms with van der Waals surface area (Å²) < 4.78 is 6.02. The number of hydrogen-bond donors (Lipinski definition) is 4. The first-order chi connectivity index (χ1) is 17.4. The molecule has 188 valence electrons. The Balaban J connectivity index is 1.25. The number of aromatic nitrogens is 2. The maximum atomic E-state index is 7.61. The number of nitrogens with one attached hydrogen (secondary N) is 2. The second-order valence-electron chi connectivity index (χ2n) is 9.18. The third kappa shape index (κ3) is 4.77. The molecule has 11 heteroatoms. The molecule has 0 radical (unpaired) electrons. The molecule has 11 nitrogen and oxygen atoms in total. The average molecular weight is 489 g/mol. The predicted molar refractivity (Wildman–Crippen MR) is 141 cm³/mol. The van der Waals surface area contributed by atoms with Crippen molar-refractivity contribution >= 4 is 23.3 Å². The fourth-order valence-electron chi connectivity index (χ4n) is 4.81. The summed E-state index contributed by atoms with van der Waals surface area (Å²) in [7, 11) is 0. The van der Waals surface area contributed by atoms with Gasteiger partial charge in [0.05, 0.1) is 0 Å². The van der Waals surface area contributed by atoms with Crippen LogP contribution >= 0.6 is 0 Å². The first-order valence-electron chi connectivity index (χ1n) is 12.1. The smallest absolute Gasteiger partial charge is 0.248 e. The highest BCUT2D eigenvalue weighted by Gasteiger charge is 2.21. The van der Waals surface area contributed by atoms with Crippen LogP contribution in [0, 0.1) is 17.7 Å². The highest BCUT2D eigenvalue weighted by Crippen LogP contribution is 2.30. The fraction of sp³-hybridized carbons (Fsp3) is 0.360. The predicted octanol–water partition coefficient (Wildman–Crippen LogP) is 1.74. The molecule has 2 aliphatic rings. The molecule has 0 spiro atoms. The van der Waals surface area contributed by atoms with Gasteiger partial charge in [0.25, 0.3) is 0 Å². The van der Waals surface area contributed by atoms with Crippen LogP contribution in [0.3, 0.4) is 0 Å². The summed E-state index contributed by atoms with van der Waals surface area (Å²) >= 11 is 0. The Kier molecular flexibility index (Phi) is 6.36. The second-order valence-corrected chi connectivity index (χ2v) is 9.18. The Labute approximate surface area is 210 Å². The van der Waals surface area contributed by atoms with Crippen LogP contribution in [0.15, 0.2) is 46.9 Å². The zero-order chi connectivity index (χ0) is 25.2. The van der Waals surface area contributed by atoms with Crippen LogP contribution < -0.4 is 21.3 Å². The zero-order valence-electron chi connectivity index (χ0n) is 20.4. The number of rotatable bonds is 4. The van der Waals surface area contributed by atoms with Gasteiger partial charge >= 0.3 is 0 Å². The molecule has 0 aliphatic carbocycles. The van der Waals surface area contributed by atoms with Crippen LogP contribution in [0.5, 0.6) is 0 Å². The van der Waals surface area contributed by atoms with Crippen molar-refractivity contribution in [3.05, 3.63) is 48.0 Å². The van der Waals surface area contributed by atoms with Crippen LogP contribution in [0.25, 0.3) is 22.9 Å². The molecule has 0 bridgehead atoms. The molecule has 0 saturated carbocycles. The lowest BCUT2D eigenvalue weighted by Crippen LogP contribution is -2.51. The maximum Gasteiger partial charge on any atom is 0.248 e. The van der Waals surface area contributed by atoms with E-state index >= 15 is 0 Å². The molecule has 2 fully saturated rings. The van der Waals surface area contributed by atoms with E-state index in [0.717, 1.165) is 74.7 Å². The van der Waals surface area contributed by atoms with Gasteiger partial charge < -0.3 is 35.5 Å². The Morgan fingerprint density at radius 3 is 1.75 bits per heavy atom. The lowest BCUT2D eigenvalue weighted by atomic mass is 10.1. The van der Waals surface area contributed by atoms with Crippen LogP contribution in [0.2, 0.25) is 0 Å². The molecule has 0 unspecified atom stereocenters. The molecule has 2 aliphatic heterocycles. The van der Waals surface area contributed by atoms with E-state index in [1.807, 2.05) is 28.0 Å². The molecule has 6 N–H and O–H groups in total. The van der Waals surface area contributed by atoms with Gasteiger partial charge in [-0.1, -0.05) is 0 Å². The number of piperazine rings is 2. The number of aryl methyl sites for hydroxylation is 1. The number of anilines is 2. The highest BCUT2D eigenvalue weighted by molar-refractivity contribution is 5.75. The first kappa shape index (κ1) is 23.5. The van der Waals surface area contributed by atoms with E-state index in [1.54, 1.807) is 0 Å².